The SMILES string of the molecule is C=CC[C@H](C)CS(O)=NC(=O)c1ccc(OC[C@@]2(C=O)CCCc3cc(Cl)ccc32)c(NC[C@@H]2CC[C@H]2CC=C)c1. The van der Waals surface area contributed by atoms with E-state index < -0.39 is 22.3 Å². The normalized spacial score (nSPS) is 23.0. The number of anilines is 1. The predicted octanol–water partition coefficient (Wildman–Crippen LogP) is 7.83. The molecule has 0 spiro atoms. The molecular formula is C33H41ClN2O4S. The van der Waals surface area contributed by atoms with Crippen molar-refractivity contribution in [1.29, 1.82) is 0 Å². The van der Waals surface area contributed by atoms with E-state index in [1.165, 1.54) is 6.42 Å². The summed E-state index contributed by atoms with van der Waals surface area (Å²) in [5.74, 6) is 1.81. The third-order valence-electron chi connectivity index (χ3n) is 8.40. The summed E-state index contributed by atoms with van der Waals surface area (Å²) in [7, 11) is -1.37. The van der Waals surface area contributed by atoms with E-state index in [9.17, 15) is 14.1 Å². The fraction of sp³-hybridized carbons (Fsp3) is 0.455. The molecule has 41 heavy (non-hydrogen) atoms. The van der Waals surface area contributed by atoms with Crippen LogP contribution in [0.5, 0.6) is 5.75 Å². The Balaban J connectivity index is 1.56. The molecule has 5 atom stereocenters. The number of amides is 1. The van der Waals surface area contributed by atoms with E-state index in [4.69, 9.17) is 16.3 Å². The number of ether oxygens (including phenoxy) is 1. The molecule has 1 saturated carbocycles. The number of nitrogens with one attached hydrogen (secondary N) is 1. The Hall–Kier alpha value is -2.74. The van der Waals surface area contributed by atoms with Crippen LogP contribution in [0.25, 0.3) is 0 Å². The number of carbonyl (C=O) groups is 2. The van der Waals surface area contributed by atoms with Crippen LogP contribution < -0.4 is 10.1 Å². The van der Waals surface area contributed by atoms with Gasteiger partial charge >= 0.3 is 0 Å². The van der Waals surface area contributed by atoms with Gasteiger partial charge in [-0.25, -0.2) is 0 Å². The number of benzene rings is 2. The maximum atomic E-state index is 13.0. The molecule has 0 heterocycles. The van der Waals surface area contributed by atoms with Crippen LogP contribution in [0, 0.1) is 17.8 Å². The molecule has 1 unspecified atom stereocenters. The number of carbonyl (C=O) groups excluding carboxylic acids is 2. The van der Waals surface area contributed by atoms with Gasteiger partial charge in [0.2, 0.25) is 0 Å². The second-order valence-electron chi connectivity index (χ2n) is 11.5. The lowest BCUT2D eigenvalue weighted by molar-refractivity contribution is -0.114. The fourth-order valence-corrected chi connectivity index (χ4v) is 7.10. The Morgan fingerprint density at radius 3 is 2.76 bits per heavy atom. The van der Waals surface area contributed by atoms with E-state index in [0.717, 1.165) is 56.1 Å². The van der Waals surface area contributed by atoms with Crippen molar-refractivity contribution in [3.8, 4) is 5.75 Å². The monoisotopic (exact) mass is 596 g/mol. The molecule has 2 aromatic rings. The van der Waals surface area contributed by atoms with Crippen LogP contribution in [0.2, 0.25) is 5.02 Å². The van der Waals surface area contributed by atoms with Crippen LogP contribution in [0.4, 0.5) is 5.69 Å². The average molecular weight is 597 g/mol. The Kier molecular flexibility index (Phi) is 11.0. The molecule has 2 aromatic carbocycles. The first-order valence-electron chi connectivity index (χ1n) is 14.4. The highest BCUT2D eigenvalue weighted by Gasteiger charge is 2.38. The zero-order valence-corrected chi connectivity index (χ0v) is 25.4. The molecule has 6 nitrogen and oxygen atoms in total. The highest BCUT2D eigenvalue weighted by atomic mass is 35.5. The maximum Gasteiger partial charge on any atom is 0.284 e. The molecule has 2 aliphatic carbocycles. The van der Waals surface area contributed by atoms with Crippen molar-refractivity contribution in [2.75, 3.05) is 24.2 Å². The summed E-state index contributed by atoms with van der Waals surface area (Å²) in [6.07, 6.45) is 11.3. The van der Waals surface area contributed by atoms with Crippen LogP contribution in [-0.2, 0) is 27.6 Å². The van der Waals surface area contributed by atoms with Gasteiger partial charge in [-0.15, -0.1) is 13.2 Å². The summed E-state index contributed by atoms with van der Waals surface area (Å²) < 4.78 is 20.8. The third-order valence-corrected chi connectivity index (χ3v) is 9.88. The second kappa shape index (κ2) is 14.4. The van der Waals surface area contributed by atoms with Gasteiger partial charge in [0.15, 0.2) is 0 Å². The molecule has 2 aliphatic rings. The van der Waals surface area contributed by atoms with Crippen molar-refractivity contribution in [2.24, 2.45) is 22.1 Å². The smallest absolute Gasteiger partial charge is 0.284 e. The van der Waals surface area contributed by atoms with Crippen LogP contribution in [0.15, 0.2) is 66.1 Å². The minimum Gasteiger partial charge on any atom is -0.490 e. The van der Waals surface area contributed by atoms with Crippen molar-refractivity contribution in [3.05, 3.63) is 83.4 Å². The standard InChI is InChI=1S/C33H41ClN2O4S/c1-4-7-23(3)20-41(39)36-32(38)26-12-15-31(30(18-26)35-19-27-11-10-24(27)8-5-2)40-22-33(21-37)16-6-9-25-17-28(34)13-14-29(25)33/h4-5,12-15,17-18,21,23-24,27,35H,1-2,6-11,16,19-20,22H2,3H3,(H,36,38,39)/t23-,24+,27-,33-,41?/m0/s1. The fourth-order valence-electron chi connectivity index (χ4n) is 5.89. The molecule has 0 aromatic heterocycles. The Bertz CT molecular complexity index is 1310. The highest BCUT2D eigenvalue weighted by Crippen LogP contribution is 2.40. The van der Waals surface area contributed by atoms with E-state index in [1.54, 1.807) is 24.3 Å². The van der Waals surface area contributed by atoms with Gasteiger partial charge in [-0.05, 0) is 104 Å². The van der Waals surface area contributed by atoms with Crippen molar-refractivity contribution in [3.63, 3.8) is 0 Å². The minimum absolute atomic E-state index is 0.182. The molecule has 0 aliphatic heterocycles. The van der Waals surface area contributed by atoms with Gasteiger partial charge in [0.05, 0.1) is 11.1 Å². The highest BCUT2D eigenvalue weighted by molar-refractivity contribution is 7.81. The van der Waals surface area contributed by atoms with E-state index >= 15 is 0 Å². The first-order chi connectivity index (χ1) is 19.8. The molecule has 220 valence electrons. The number of rotatable bonds is 14. The summed E-state index contributed by atoms with van der Waals surface area (Å²) in [6.45, 7) is 10.5. The topological polar surface area (TPSA) is 88.0 Å². The van der Waals surface area contributed by atoms with E-state index in [1.807, 2.05) is 31.2 Å². The van der Waals surface area contributed by atoms with E-state index in [2.05, 4.69) is 22.8 Å². The summed E-state index contributed by atoms with van der Waals surface area (Å²) in [4.78, 5) is 25.5. The van der Waals surface area contributed by atoms with Gasteiger partial charge in [0, 0.05) is 33.9 Å². The lowest BCUT2D eigenvalue weighted by Gasteiger charge is -2.37. The lowest BCUT2D eigenvalue weighted by Crippen LogP contribution is -2.38. The first kappa shape index (κ1) is 31.2. The number of hydrogen-bond acceptors (Lipinski definition) is 4. The zero-order chi connectivity index (χ0) is 29.4. The molecular weight excluding hydrogens is 556 g/mol. The van der Waals surface area contributed by atoms with Crippen LogP contribution in [-0.4, -0.2) is 35.7 Å². The van der Waals surface area contributed by atoms with Crippen molar-refractivity contribution in [2.45, 2.75) is 57.3 Å². The minimum atomic E-state index is -1.37. The van der Waals surface area contributed by atoms with Gasteiger partial charge in [-0.2, -0.15) is 4.36 Å². The quantitative estimate of drug-likeness (QED) is 0.171. The van der Waals surface area contributed by atoms with Crippen LogP contribution in [0.3, 0.4) is 0 Å². The summed E-state index contributed by atoms with van der Waals surface area (Å²) in [6, 6.07) is 10.9. The molecule has 1 amide bonds. The van der Waals surface area contributed by atoms with Crippen molar-refractivity contribution >= 4 is 40.5 Å². The van der Waals surface area contributed by atoms with E-state index in [-0.39, 0.29) is 12.5 Å². The molecule has 0 bridgehead atoms. The first-order valence-corrected chi connectivity index (χ1v) is 16.1. The number of aryl methyl sites for hydroxylation is 1. The Morgan fingerprint density at radius 2 is 2.05 bits per heavy atom. The van der Waals surface area contributed by atoms with Gasteiger partial charge < -0.3 is 19.4 Å². The van der Waals surface area contributed by atoms with Crippen molar-refractivity contribution < 1.29 is 18.9 Å². The van der Waals surface area contributed by atoms with Gasteiger partial charge in [0.25, 0.3) is 5.91 Å². The number of hydrogen-bond donors (Lipinski definition) is 2. The average Bonchev–Trinajstić information content (AvgIpc) is 2.94. The molecule has 4 rings (SSSR count). The number of nitrogens with zero attached hydrogens (tertiary/aromatic N) is 1. The summed E-state index contributed by atoms with van der Waals surface area (Å²) >= 11 is 6.24. The summed E-state index contributed by atoms with van der Waals surface area (Å²) in [5, 5.41) is 4.18. The Morgan fingerprint density at radius 1 is 1.24 bits per heavy atom. The second-order valence-corrected chi connectivity index (χ2v) is 13.1. The Labute approximate surface area is 251 Å². The number of fused-ring (bicyclic) bond motifs is 1. The summed E-state index contributed by atoms with van der Waals surface area (Å²) in [5.41, 5.74) is 2.34. The maximum absolute atomic E-state index is 13.0. The van der Waals surface area contributed by atoms with Gasteiger partial charge in [-0.1, -0.05) is 36.7 Å². The third kappa shape index (κ3) is 7.76. The molecule has 1 fully saturated rings. The van der Waals surface area contributed by atoms with Crippen LogP contribution in [0.1, 0.15) is 66.9 Å². The molecule has 0 radical (unpaired) electrons. The zero-order valence-electron chi connectivity index (χ0n) is 23.8. The van der Waals surface area contributed by atoms with Gasteiger partial charge in [0.1, 0.15) is 18.6 Å². The van der Waals surface area contributed by atoms with E-state index in [0.29, 0.717) is 46.0 Å². The predicted molar refractivity (Wildman–Crippen MR) is 169 cm³/mol. The number of allylic oxidation sites excluding steroid dienone is 2. The number of halogens is 1. The van der Waals surface area contributed by atoms with Crippen LogP contribution >= 0.6 is 11.6 Å². The van der Waals surface area contributed by atoms with Crippen molar-refractivity contribution in [1.82, 2.24) is 0 Å². The molecule has 2 N–H and O–H groups in total. The van der Waals surface area contributed by atoms with Gasteiger partial charge in [-0.3, -0.25) is 4.79 Å². The largest absolute Gasteiger partial charge is 0.490 e. The number of aldehydes is 1. The molecule has 8 heteroatoms. The molecule has 0 saturated heterocycles. The lowest BCUT2D eigenvalue weighted by atomic mass is 9.71.